The van der Waals surface area contributed by atoms with E-state index in [-0.39, 0.29) is 5.92 Å². The van der Waals surface area contributed by atoms with E-state index in [2.05, 4.69) is 0 Å². The van der Waals surface area contributed by atoms with Gasteiger partial charge >= 0.3 is 98.7 Å². The molecule has 0 bridgehead atoms. The van der Waals surface area contributed by atoms with E-state index < -0.39 is 26.6 Å². The van der Waals surface area contributed by atoms with Gasteiger partial charge in [0.2, 0.25) is 0 Å². The van der Waals surface area contributed by atoms with Crippen molar-refractivity contribution in [2.24, 2.45) is 5.92 Å². The van der Waals surface area contributed by atoms with Crippen LogP contribution in [0.2, 0.25) is 0 Å². The molecule has 79 valence electrons. The van der Waals surface area contributed by atoms with Gasteiger partial charge in [-0.05, 0) is 0 Å². The van der Waals surface area contributed by atoms with Gasteiger partial charge in [-0.2, -0.15) is 0 Å². The van der Waals surface area contributed by atoms with Crippen LogP contribution in [-0.4, -0.2) is 0 Å². The summed E-state index contributed by atoms with van der Waals surface area (Å²) in [5.74, 6) is 0.226. The molecule has 1 aliphatic carbocycles. The van der Waals surface area contributed by atoms with Crippen molar-refractivity contribution in [2.45, 2.75) is 17.5 Å². The maximum absolute atomic E-state index is 13.2. The van der Waals surface area contributed by atoms with E-state index in [0.717, 1.165) is 16.7 Å². The summed E-state index contributed by atoms with van der Waals surface area (Å²) in [6, 6.07) is 7.56. The van der Waals surface area contributed by atoms with Crippen molar-refractivity contribution in [3.05, 3.63) is 41.0 Å². The number of rotatable bonds is 2. The summed E-state index contributed by atoms with van der Waals surface area (Å²) in [5, 5.41) is 0. The predicted molar refractivity (Wildman–Crippen MR) is 54.2 cm³/mol. The Morgan fingerprint density at radius 3 is 2.47 bits per heavy atom. The van der Waals surface area contributed by atoms with Crippen LogP contribution in [0.4, 0.5) is 5.25 Å². The number of hydrogen-bond donors (Lipinski definition) is 0. The Bertz CT molecular complexity index is 396. The molecule has 0 saturated carbocycles. The summed E-state index contributed by atoms with van der Waals surface area (Å²) in [4.78, 5) is 0. The van der Waals surface area contributed by atoms with Crippen molar-refractivity contribution >= 4 is 6.08 Å². The monoisotopic (exact) mass is 285 g/mol. The molecule has 1 aliphatic rings. The zero-order valence-corrected chi connectivity index (χ0v) is 11.3. The maximum atomic E-state index is 13.2. The van der Waals surface area contributed by atoms with Gasteiger partial charge in [0.1, 0.15) is 0 Å². The van der Waals surface area contributed by atoms with E-state index in [0.29, 0.717) is 0 Å². The first kappa shape index (κ1) is 11.2. The molecule has 1 atom stereocenters. The second-order valence-corrected chi connectivity index (χ2v) is 6.99. The summed E-state index contributed by atoms with van der Waals surface area (Å²) < 4.78 is 25.9. The number of benzene rings is 1. The molecular formula is C12H13F2Zr. The van der Waals surface area contributed by atoms with Crippen LogP contribution in [0.25, 0.3) is 6.08 Å². The Morgan fingerprint density at radius 2 is 1.87 bits per heavy atom. The first-order chi connectivity index (χ1) is 7.11. The van der Waals surface area contributed by atoms with E-state index in [1.807, 2.05) is 44.2 Å². The van der Waals surface area contributed by atoms with Gasteiger partial charge in [-0.3, -0.25) is 0 Å². The molecule has 3 heteroatoms. The Morgan fingerprint density at radius 1 is 1.20 bits per heavy atom. The van der Waals surface area contributed by atoms with Gasteiger partial charge < -0.3 is 0 Å². The molecular weight excluding hydrogens is 273 g/mol. The molecule has 1 aromatic carbocycles. The van der Waals surface area contributed by atoms with Crippen molar-refractivity contribution in [3.63, 3.8) is 0 Å². The molecule has 0 N–H and O–H groups in total. The molecule has 0 aromatic heterocycles. The van der Waals surface area contributed by atoms with Gasteiger partial charge in [0.15, 0.2) is 0 Å². The Balaban J connectivity index is 2.47. The molecule has 0 aliphatic heterocycles. The fourth-order valence-electron chi connectivity index (χ4n) is 2.09. The van der Waals surface area contributed by atoms with Crippen LogP contribution < -0.4 is 0 Å². The predicted octanol–water partition coefficient (Wildman–Crippen LogP) is 4.17. The van der Waals surface area contributed by atoms with Gasteiger partial charge in [0.25, 0.3) is 0 Å². The van der Waals surface area contributed by atoms with Gasteiger partial charge in [0.05, 0.1) is 0 Å². The Kier molecular flexibility index (Phi) is 3.20. The van der Waals surface area contributed by atoms with Crippen LogP contribution in [-0.2, 0) is 23.0 Å². The van der Waals surface area contributed by atoms with E-state index in [9.17, 15) is 5.25 Å². The fraction of sp³-hybridized carbons (Fsp3) is 0.333. The average molecular weight is 286 g/mol. The van der Waals surface area contributed by atoms with Crippen molar-refractivity contribution in [1.82, 2.24) is 0 Å². The quantitative estimate of drug-likeness (QED) is 0.765. The third kappa shape index (κ3) is 1.99. The van der Waals surface area contributed by atoms with Crippen LogP contribution in [0.5, 0.6) is 0 Å². The first-order valence-corrected chi connectivity index (χ1v) is 8.37. The van der Waals surface area contributed by atoms with Crippen molar-refractivity contribution in [2.75, 3.05) is 0 Å². The molecule has 0 nitrogen and oxygen atoms in total. The second-order valence-electron chi connectivity index (χ2n) is 4.15. The second kappa shape index (κ2) is 4.29. The standard InChI is InChI=1S/C12H13.2FH.Zr/c1-9(2)12-7-10-5-3-4-6-11(10)8-12;;;/h3-9H,1-2H3;2*1H;/q;;;+2/p-2. The zero-order chi connectivity index (χ0) is 11.0. The molecule has 2 rings (SSSR count). The molecule has 0 saturated heterocycles. The molecule has 0 spiro atoms. The van der Waals surface area contributed by atoms with Crippen LogP contribution in [0.3, 0.4) is 0 Å². The topological polar surface area (TPSA) is 0 Å². The summed E-state index contributed by atoms with van der Waals surface area (Å²) in [7, 11) is 0. The number of fused-ring (bicyclic) bond motifs is 1. The zero-order valence-electron chi connectivity index (χ0n) is 8.80. The summed E-state index contributed by atoms with van der Waals surface area (Å²) in [5.41, 5.74) is 2.80. The number of hydrogen-bond acceptors (Lipinski definition) is 0. The Hall–Kier alpha value is -0.297. The molecule has 1 aromatic rings. The van der Waals surface area contributed by atoms with Crippen LogP contribution in [0.15, 0.2) is 29.8 Å². The van der Waals surface area contributed by atoms with Crippen molar-refractivity contribution in [3.8, 4) is 0 Å². The molecule has 0 radical (unpaired) electrons. The van der Waals surface area contributed by atoms with Crippen molar-refractivity contribution in [1.29, 1.82) is 0 Å². The third-order valence-corrected chi connectivity index (χ3v) is 5.50. The first-order valence-electron chi connectivity index (χ1n) is 5.09. The van der Waals surface area contributed by atoms with Crippen LogP contribution in [0.1, 0.15) is 28.6 Å². The number of allylic oxidation sites excluding steroid dienone is 1. The fourth-order valence-corrected chi connectivity index (χ4v) is 4.96. The summed E-state index contributed by atoms with van der Waals surface area (Å²) >= 11 is -4.20. The molecule has 15 heavy (non-hydrogen) atoms. The summed E-state index contributed by atoms with van der Waals surface area (Å²) in [6.45, 7) is 3.99. The Labute approximate surface area is 98.4 Å². The average Bonchev–Trinajstić information content (AvgIpc) is 2.56. The molecule has 0 heterocycles. The molecule has 1 unspecified atom stereocenters. The van der Waals surface area contributed by atoms with E-state index in [1.165, 1.54) is 0 Å². The normalized spacial score (nSPS) is 19.0. The minimum absolute atomic E-state index is 0.226. The van der Waals surface area contributed by atoms with Gasteiger partial charge in [-0.1, -0.05) is 0 Å². The van der Waals surface area contributed by atoms with E-state index in [4.69, 9.17) is 0 Å². The third-order valence-electron chi connectivity index (χ3n) is 2.85. The number of halogens is 2. The van der Waals surface area contributed by atoms with Crippen LogP contribution in [0, 0.1) is 5.92 Å². The van der Waals surface area contributed by atoms with E-state index >= 15 is 0 Å². The van der Waals surface area contributed by atoms with Crippen LogP contribution >= 0.6 is 0 Å². The van der Waals surface area contributed by atoms with Gasteiger partial charge in [0, 0.05) is 0 Å². The molecule has 0 fully saturated rings. The summed E-state index contributed by atoms with van der Waals surface area (Å²) in [6.07, 6.45) is 1.96. The van der Waals surface area contributed by atoms with Crippen molar-refractivity contribution < 1.29 is 28.2 Å². The molecule has 0 amide bonds. The van der Waals surface area contributed by atoms with E-state index in [1.54, 1.807) is 0 Å². The minimum atomic E-state index is -4.20. The van der Waals surface area contributed by atoms with Gasteiger partial charge in [-0.15, -0.1) is 0 Å². The van der Waals surface area contributed by atoms with Gasteiger partial charge in [-0.25, -0.2) is 0 Å². The SMILES string of the molecule is CC(C)C1=Cc2ccccc2[CH]1[Zr]([F])[F].